The van der Waals surface area contributed by atoms with Crippen molar-refractivity contribution in [2.24, 2.45) is 5.92 Å². The molecular weight excluding hydrogens is 416 g/mol. The van der Waals surface area contributed by atoms with Crippen LogP contribution in [0.1, 0.15) is 55.2 Å². The van der Waals surface area contributed by atoms with Gasteiger partial charge in [-0.3, -0.25) is 0 Å². The van der Waals surface area contributed by atoms with E-state index in [1.165, 1.54) is 77.1 Å². The topological polar surface area (TPSA) is 0 Å². The van der Waals surface area contributed by atoms with E-state index in [4.69, 9.17) is 0 Å². The van der Waals surface area contributed by atoms with E-state index in [0.29, 0.717) is 0 Å². The van der Waals surface area contributed by atoms with E-state index >= 15 is 0 Å². The largest absolute Gasteiger partial charge is 0.0649 e. The Labute approximate surface area is 188 Å². The van der Waals surface area contributed by atoms with E-state index in [2.05, 4.69) is 67.6 Å². The van der Waals surface area contributed by atoms with Crippen LogP contribution in [0.4, 0.5) is 0 Å². The van der Waals surface area contributed by atoms with Gasteiger partial charge in [-0.2, -0.15) is 0 Å². The van der Waals surface area contributed by atoms with Gasteiger partial charge in [-0.15, -0.1) is 0 Å². The molecule has 0 aliphatic heterocycles. The Bertz CT molecular complexity index is 1020. The molecule has 0 unspecified atom stereocenters. The second-order valence-electron chi connectivity index (χ2n) is 8.60. The Hall–Kier alpha value is -1.46. The molecule has 1 heteroatoms. The van der Waals surface area contributed by atoms with E-state index in [-0.39, 0.29) is 26.2 Å². The quantitative estimate of drug-likeness (QED) is 0.388. The van der Waals surface area contributed by atoms with Gasteiger partial charge < -0.3 is 0 Å². The molecule has 0 N–H and O–H groups in total. The van der Waals surface area contributed by atoms with Gasteiger partial charge in [0, 0.05) is 26.2 Å². The van der Waals surface area contributed by atoms with Crippen molar-refractivity contribution in [3.8, 4) is 11.1 Å². The number of hydrogen-bond donors (Lipinski definition) is 0. The molecule has 3 aromatic carbocycles. The van der Waals surface area contributed by atoms with E-state index in [9.17, 15) is 0 Å². The molecule has 0 heterocycles. The second-order valence-corrected chi connectivity index (χ2v) is 8.60. The van der Waals surface area contributed by atoms with Crippen molar-refractivity contribution in [2.75, 3.05) is 0 Å². The number of rotatable bonds is 3. The summed E-state index contributed by atoms with van der Waals surface area (Å²) in [6, 6.07) is 20.3. The summed E-state index contributed by atoms with van der Waals surface area (Å²) in [5.74, 6) is 0.918. The van der Waals surface area contributed by atoms with Crippen molar-refractivity contribution < 1.29 is 26.2 Å². The van der Waals surface area contributed by atoms with Crippen LogP contribution in [0, 0.1) is 12.8 Å². The maximum absolute atomic E-state index is 2.53. The summed E-state index contributed by atoms with van der Waals surface area (Å²) >= 11 is 0. The number of allylic oxidation sites excluding steroid dienone is 1. The first-order valence-electron chi connectivity index (χ1n) is 10.6. The molecule has 1 fully saturated rings. The van der Waals surface area contributed by atoms with Gasteiger partial charge in [-0.05, 0) is 58.7 Å². The third-order valence-corrected chi connectivity index (χ3v) is 6.53. The summed E-state index contributed by atoms with van der Waals surface area (Å²) in [5.41, 5.74) is 8.84. The second kappa shape index (κ2) is 8.50. The Kier molecular flexibility index (Phi) is 6.02. The Morgan fingerprint density at radius 1 is 0.857 bits per heavy atom. The first kappa shape index (κ1) is 19.8. The normalized spacial score (nSPS) is 16.5. The number of benzene rings is 3. The molecule has 0 radical (unpaired) electrons. The zero-order chi connectivity index (χ0) is 18.2. The van der Waals surface area contributed by atoms with Crippen molar-refractivity contribution in [1.29, 1.82) is 0 Å². The number of hydrogen-bond acceptors (Lipinski definition) is 0. The maximum Gasteiger partial charge on any atom is 0 e. The minimum atomic E-state index is 0. The van der Waals surface area contributed by atoms with Crippen LogP contribution < -0.4 is 0 Å². The van der Waals surface area contributed by atoms with Gasteiger partial charge in [0.25, 0.3) is 0 Å². The molecule has 3 aromatic rings. The zero-order valence-corrected chi connectivity index (χ0v) is 19.3. The summed E-state index contributed by atoms with van der Waals surface area (Å²) in [4.78, 5) is 0. The third-order valence-electron chi connectivity index (χ3n) is 6.53. The van der Waals surface area contributed by atoms with Crippen LogP contribution in [0.3, 0.4) is 0 Å². The minimum absolute atomic E-state index is 0. The van der Waals surface area contributed by atoms with Crippen LogP contribution in [0.5, 0.6) is 0 Å². The van der Waals surface area contributed by atoms with Crippen LogP contribution >= 0.6 is 0 Å². The molecular formula is C27H28Zr. The summed E-state index contributed by atoms with van der Waals surface area (Å²) in [6.07, 6.45) is 12.2. The van der Waals surface area contributed by atoms with Crippen molar-refractivity contribution in [3.63, 3.8) is 0 Å². The fourth-order valence-electron chi connectivity index (χ4n) is 5.27. The van der Waals surface area contributed by atoms with E-state index in [1.54, 1.807) is 5.57 Å². The fourth-order valence-corrected chi connectivity index (χ4v) is 5.27. The van der Waals surface area contributed by atoms with Crippen LogP contribution in [0.15, 0.2) is 60.2 Å². The molecule has 0 atom stereocenters. The molecule has 140 valence electrons. The van der Waals surface area contributed by atoms with Gasteiger partial charge in [0.2, 0.25) is 0 Å². The zero-order valence-electron chi connectivity index (χ0n) is 16.8. The molecule has 0 amide bonds. The Morgan fingerprint density at radius 2 is 1.64 bits per heavy atom. The average Bonchev–Trinajstić information content (AvgIpc) is 3.09. The molecule has 0 saturated heterocycles. The summed E-state index contributed by atoms with van der Waals surface area (Å²) in [7, 11) is 0. The molecule has 0 spiro atoms. The fraction of sp³-hybridized carbons (Fsp3) is 0.333. The first-order chi connectivity index (χ1) is 13.3. The predicted octanol–water partition coefficient (Wildman–Crippen LogP) is 7.72. The maximum atomic E-state index is 2.53. The minimum Gasteiger partial charge on any atom is -0.0649 e. The van der Waals surface area contributed by atoms with E-state index in [1.807, 2.05) is 0 Å². The van der Waals surface area contributed by atoms with Crippen LogP contribution in [-0.2, 0) is 32.6 Å². The third kappa shape index (κ3) is 3.84. The van der Waals surface area contributed by atoms with Gasteiger partial charge in [-0.1, -0.05) is 104 Å². The van der Waals surface area contributed by atoms with E-state index < -0.39 is 0 Å². The smallest absolute Gasteiger partial charge is 0 e. The van der Waals surface area contributed by atoms with Crippen molar-refractivity contribution >= 4 is 16.8 Å². The van der Waals surface area contributed by atoms with Crippen LogP contribution in [-0.4, -0.2) is 0 Å². The SMILES string of the molecule is Cc1cc2c(c(-c3cccc4ccccc34)c1)C=C(CC1CCCCC1)C2.[Zr]. The summed E-state index contributed by atoms with van der Waals surface area (Å²) < 4.78 is 0. The van der Waals surface area contributed by atoms with Crippen LogP contribution in [0.25, 0.3) is 28.0 Å². The average molecular weight is 444 g/mol. The van der Waals surface area contributed by atoms with Crippen LogP contribution in [0.2, 0.25) is 0 Å². The Morgan fingerprint density at radius 3 is 2.50 bits per heavy atom. The first-order valence-corrected chi connectivity index (χ1v) is 10.6. The van der Waals surface area contributed by atoms with Gasteiger partial charge >= 0.3 is 0 Å². The number of fused-ring (bicyclic) bond motifs is 2. The standard InChI is InChI=1S/C27H28.Zr/c1-19-14-23-17-21(16-20-8-3-2-4-9-20)18-26(23)27(15-19)25-13-7-11-22-10-5-6-12-24(22)25;/h5-7,10-15,18,20H,2-4,8-9,16-17H2,1H3;. The monoisotopic (exact) mass is 442 g/mol. The molecule has 28 heavy (non-hydrogen) atoms. The number of aryl methyl sites for hydroxylation is 1. The van der Waals surface area contributed by atoms with Crippen molar-refractivity contribution in [1.82, 2.24) is 0 Å². The summed E-state index contributed by atoms with van der Waals surface area (Å²) in [6.45, 7) is 2.24. The van der Waals surface area contributed by atoms with E-state index in [0.717, 1.165) is 12.3 Å². The van der Waals surface area contributed by atoms with Gasteiger partial charge in [0.05, 0.1) is 0 Å². The predicted molar refractivity (Wildman–Crippen MR) is 117 cm³/mol. The molecule has 0 nitrogen and oxygen atoms in total. The molecule has 1 saturated carbocycles. The molecule has 2 aliphatic carbocycles. The Balaban J connectivity index is 0.00000192. The molecule has 2 aliphatic rings. The molecule has 0 aromatic heterocycles. The molecule has 0 bridgehead atoms. The van der Waals surface area contributed by atoms with Gasteiger partial charge in [0.1, 0.15) is 0 Å². The van der Waals surface area contributed by atoms with Crippen molar-refractivity contribution in [2.45, 2.75) is 51.9 Å². The molecule has 5 rings (SSSR count). The van der Waals surface area contributed by atoms with Gasteiger partial charge in [-0.25, -0.2) is 0 Å². The summed E-state index contributed by atoms with van der Waals surface area (Å²) in [5, 5.41) is 2.69. The van der Waals surface area contributed by atoms with Gasteiger partial charge in [0.15, 0.2) is 0 Å². The van der Waals surface area contributed by atoms with Crippen molar-refractivity contribution in [3.05, 3.63) is 76.9 Å².